The molecule has 0 spiro atoms. The van der Waals surface area contributed by atoms with E-state index >= 15 is 0 Å². The molecule has 1 atom stereocenters. The number of hydrogen-bond acceptors (Lipinski definition) is 1. The van der Waals surface area contributed by atoms with Gasteiger partial charge in [0.15, 0.2) is 0 Å². The van der Waals surface area contributed by atoms with Crippen molar-refractivity contribution in [3.8, 4) is 0 Å². The van der Waals surface area contributed by atoms with Gasteiger partial charge in [-0.3, -0.25) is 0 Å². The van der Waals surface area contributed by atoms with Crippen LogP contribution in [-0.4, -0.2) is 13.1 Å². The monoisotopic (exact) mass is 175 g/mol. The second-order valence-electron chi connectivity index (χ2n) is 4.13. The Kier molecular flexibility index (Phi) is 2.03. The fraction of sp³-hybridized carbons (Fsp3) is 0.500. The molecule has 1 nitrogen and oxygen atoms in total. The first-order chi connectivity index (χ1) is 6.18. The third-order valence-corrected chi connectivity index (χ3v) is 3.11. The molecular weight excluding hydrogens is 158 g/mol. The molecule has 1 heterocycles. The van der Waals surface area contributed by atoms with Crippen LogP contribution < -0.4 is 4.90 Å². The Hall–Kier alpha value is -0.980. The van der Waals surface area contributed by atoms with Gasteiger partial charge in [0.25, 0.3) is 0 Å². The maximum Gasteiger partial charge on any atom is 0.0401 e. The molecule has 1 aromatic rings. The lowest BCUT2D eigenvalue weighted by molar-refractivity contribution is 0.598. The van der Waals surface area contributed by atoms with Gasteiger partial charge in [0.2, 0.25) is 0 Å². The van der Waals surface area contributed by atoms with Crippen LogP contribution in [0.15, 0.2) is 18.2 Å². The first-order valence-electron chi connectivity index (χ1n) is 5.01. The largest absolute Gasteiger partial charge is 0.372 e. The average molecular weight is 175 g/mol. The van der Waals surface area contributed by atoms with Crippen molar-refractivity contribution < 1.29 is 0 Å². The minimum atomic E-state index is 0.689. The zero-order valence-corrected chi connectivity index (χ0v) is 8.67. The third kappa shape index (κ3) is 1.43. The van der Waals surface area contributed by atoms with Crippen LogP contribution in [0.4, 0.5) is 5.69 Å². The summed E-state index contributed by atoms with van der Waals surface area (Å²) in [5.41, 5.74) is 4.30. The first kappa shape index (κ1) is 8.61. The van der Waals surface area contributed by atoms with Gasteiger partial charge in [0.1, 0.15) is 0 Å². The molecule has 1 unspecified atom stereocenters. The Balaban J connectivity index is 2.45. The van der Waals surface area contributed by atoms with Crippen molar-refractivity contribution in [1.82, 2.24) is 0 Å². The molecule has 2 rings (SSSR count). The molecule has 1 heteroatoms. The maximum absolute atomic E-state index is 2.39. The van der Waals surface area contributed by atoms with Gasteiger partial charge in [-0.1, -0.05) is 12.1 Å². The van der Waals surface area contributed by atoms with E-state index in [2.05, 4.69) is 44.0 Å². The zero-order chi connectivity index (χ0) is 9.42. The van der Waals surface area contributed by atoms with E-state index in [-0.39, 0.29) is 0 Å². The van der Waals surface area contributed by atoms with Crippen molar-refractivity contribution in [1.29, 1.82) is 0 Å². The highest BCUT2D eigenvalue weighted by Crippen LogP contribution is 2.29. The molecule has 1 aliphatic heterocycles. The van der Waals surface area contributed by atoms with Crippen LogP contribution in [0, 0.1) is 6.92 Å². The van der Waals surface area contributed by atoms with Crippen LogP contribution in [0.3, 0.4) is 0 Å². The summed E-state index contributed by atoms with van der Waals surface area (Å²) in [6.07, 6.45) is 2.52. The predicted octanol–water partition coefficient (Wildman–Crippen LogP) is 2.77. The highest BCUT2D eigenvalue weighted by molar-refractivity contribution is 5.57. The van der Waals surface area contributed by atoms with Crippen molar-refractivity contribution in [2.75, 3.05) is 11.9 Å². The summed E-state index contributed by atoms with van der Waals surface area (Å²) >= 11 is 0. The first-order valence-corrected chi connectivity index (χ1v) is 5.01. The Morgan fingerprint density at radius 3 is 2.92 bits per heavy atom. The predicted molar refractivity (Wildman–Crippen MR) is 57.4 cm³/mol. The molecule has 0 N–H and O–H groups in total. The smallest absolute Gasteiger partial charge is 0.0401 e. The lowest BCUT2D eigenvalue weighted by Crippen LogP contribution is -2.33. The minimum absolute atomic E-state index is 0.689. The van der Waals surface area contributed by atoms with Crippen molar-refractivity contribution in [3.63, 3.8) is 0 Å². The summed E-state index contributed by atoms with van der Waals surface area (Å²) in [7, 11) is 2.20. The van der Waals surface area contributed by atoms with E-state index in [1.165, 1.54) is 29.7 Å². The molecule has 0 saturated carbocycles. The second kappa shape index (κ2) is 3.06. The molecule has 1 aliphatic rings. The molecule has 70 valence electrons. The van der Waals surface area contributed by atoms with Crippen molar-refractivity contribution in [3.05, 3.63) is 29.3 Å². The van der Waals surface area contributed by atoms with Gasteiger partial charge in [0, 0.05) is 18.8 Å². The Morgan fingerprint density at radius 1 is 1.38 bits per heavy atom. The number of benzene rings is 1. The Bertz CT molecular complexity index is 317. The zero-order valence-electron chi connectivity index (χ0n) is 8.67. The van der Waals surface area contributed by atoms with Gasteiger partial charge in [-0.05, 0) is 43.9 Å². The Morgan fingerprint density at radius 2 is 2.15 bits per heavy atom. The topological polar surface area (TPSA) is 3.24 Å². The number of rotatable bonds is 0. The van der Waals surface area contributed by atoms with Crippen LogP contribution >= 0.6 is 0 Å². The van der Waals surface area contributed by atoms with E-state index in [1.54, 1.807) is 0 Å². The molecule has 13 heavy (non-hydrogen) atoms. The number of fused-ring (bicyclic) bond motifs is 1. The van der Waals surface area contributed by atoms with Crippen LogP contribution in [-0.2, 0) is 6.42 Å². The van der Waals surface area contributed by atoms with Gasteiger partial charge in [-0.15, -0.1) is 0 Å². The molecule has 0 aromatic heterocycles. The lowest BCUT2D eigenvalue weighted by atomic mass is 9.96. The van der Waals surface area contributed by atoms with Gasteiger partial charge in [-0.2, -0.15) is 0 Å². The van der Waals surface area contributed by atoms with E-state index in [1.807, 2.05) is 0 Å². The molecular formula is C12H17N. The second-order valence-corrected chi connectivity index (χ2v) is 4.13. The van der Waals surface area contributed by atoms with E-state index in [0.717, 1.165) is 0 Å². The van der Waals surface area contributed by atoms with Crippen LogP contribution in [0.5, 0.6) is 0 Å². The van der Waals surface area contributed by atoms with Crippen molar-refractivity contribution in [2.45, 2.75) is 32.7 Å². The summed E-state index contributed by atoms with van der Waals surface area (Å²) < 4.78 is 0. The summed E-state index contributed by atoms with van der Waals surface area (Å²) in [6, 6.07) is 7.47. The number of anilines is 1. The van der Waals surface area contributed by atoms with E-state index in [4.69, 9.17) is 0 Å². The third-order valence-electron chi connectivity index (χ3n) is 3.11. The molecule has 0 aliphatic carbocycles. The fourth-order valence-corrected chi connectivity index (χ4v) is 2.01. The number of nitrogens with zero attached hydrogens (tertiary/aromatic N) is 1. The summed E-state index contributed by atoms with van der Waals surface area (Å²) in [5, 5.41) is 0. The molecule has 0 bridgehead atoms. The summed E-state index contributed by atoms with van der Waals surface area (Å²) in [5.74, 6) is 0. The van der Waals surface area contributed by atoms with Gasteiger partial charge in [-0.25, -0.2) is 0 Å². The van der Waals surface area contributed by atoms with E-state index < -0.39 is 0 Å². The molecule has 1 aromatic carbocycles. The van der Waals surface area contributed by atoms with Gasteiger partial charge in [0.05, 0.1) is 0 Å². The van der Waals surface area contributed by atoms with Crippen LogP contribution in [0.25, 0.3) is 0 Å². The highest BCUT2D eigenvalue weighted by Gasteiger charge is 2.19. The molecule has 0 amide bonds. The standard InChI is InChI=1S/C12H17N/c1-9-4-6-11-7-5-10(2)13(3)12(11)8-9/h4,6,8,10H,5,7H2,1-3H3. The molecule has 0 fully saturated rings. The average Bonchev–Trinajstić information content (AvgIpc) is 2.12. The molecule has 0 radical (unpaired) electrons. The maximum atomic E-state index is 2.39. The van der Waals surface area contributed by atoms with Crippen molar-refractivity contribution >= 4 is 5.69 Å². The quantitative estimate of drug-likeness (QED) is 0.586. The SMILES string of the molecule is Cc1ccc2c(c1)N(C)C(C)CC2. The van der Waals surface area contributed by atoms with E-state index in [0.29, 0.717) is 6.04 Å². The summed E-state index contributed by atoms with van der Waals surface area (Å²) in [4.78, 5) is 2.39. The summed E-state index contributed by atoms with van der Waals surface area (Å²) in [6.45, 7) is 4.46. The van der Waals surface area contributed by atoms with Crippen LogP contribution in [0.1, 0.15) is 24.5 Å². The van der Waals surface area contributed by atoms with Crippen LogP contribution in [0.2, 0.25) is 0 Å². The number of aryl methyl sites for hydroxylation is 2. The van der Waals surface area contributed by atoms with Gasteiger partial charge < -0.3 is 4.90 Å². The number of hydrogen-bond donors (Lipinski definition) is 0. The minimum Gasteiger partial charge on any atom is -0.372 e. The van der Waals surface area contributed by atoms with E-state index in [9.17, 15) is 0 Å². The molecule has 0 saturated heterocycles. The highest BCUT2D eigenvalue weighted by atomic mass is 15.1. The van der Waals surface area contributed by atoms with Crippen molar-refractivity contribution in [2.24, 2.45) is 0 Å². The Labute approximate surface area is 80.4 Å². The lowest BCUT2D eigenvalue weighted by Gasteiger charge is -2.34. The normalized spacial score (nSPS) is 21.5. The fourth-order valence-electron chi connectivity index (χ4n) is 2.01. The van der Waals surface area contributed by atoms with Gasteiger partial charge >= 0.3 is 0 Å².